The number of rotatable bonds is 4. The Bertz CT molecular complexity index is 247. The molecule has 0 heterocycles. The molecule has 0 aromatic heterocycles. The molecule has 0 saturated heterocycles. The molecule has 2 nitrogen and oxygen atoms in total. The Hall–Kier alpha value is -1.18. The highest BCUT2D eigenvalue weighted by Gasteiger charge is 2.00. The summed E-state index contributed by atoms with van der Waals surface area (Å²) in [4.78, 5) is 0. The van der Waals surface area contributed by atoms with E-state index in [2.05, 4.69) is 6.92 Å². The highest BCUT2D eigenvalue weighted by Crippen LogP contribution is 2.22. The molecule has 2 heteroatoms. The van der Waals surface area contributed by atoms with Gasteiger partial charge >= 0.3 is 0 Å². The number of hydrogen-bond donors (Lipinski definition) is 0. The zero-order valence-electron chi connectivity index (χ0n) is 10.5. The molecule has 0 aliphatic carbocycles. The fourth-order valence-corrected chi connectivity index (χ4v) is 1.30. The highest BCUT2D eigenvalue weighted by atomic mass is 16.5. The van der Waals surface area contributed by atoms with Gasteiger partial charge in [0.05, 0.1) is 14.2 Å². The van der Waals surface area contributed by atoms with Gasteiger partial charge in [-0.3, -0.25) is 0 Å². The molecule has 1 rings (SSSR count). The van der Waals surface area contributed by atoms with Gasteiger partial charge in [0.2, 0.25) is 0 Å². The van der Waals surface area contributed by atoms with Gasteiger partial charge in [0, 0.05) is 6.07 Å². The molecule has 0 N–H and O–H groups in total. The van der Waals surface area contributed by atoms with E-state index in [-0.39, 0.29) is 0 Å². The second-order valence-electron chi connectivity index (χ2n) is 2.97. The molecule has 0 unspecified atom stereocenters. The third-order valence-electron chi connectivity index (χ3n) is 1.95. The molecule has 1 aromatic rings. The molecule has 0 amide bonds. The van der Waals surface area contributed by atoms with Crippen LogP contribution < -0.4 is 9.47 Å². The van der Waals surface area contributed by atoms with Crippen molar-refractivity contribution in [3.63, 3.8) is 0 Å². The van der Waals surface area contributed by atoms with Crippen molar-refractivity contribution < 1.29 is 9.47 Å². The van der Waals surface area contributed by atoms with E-state index in [9.17, 15) is 0 Å². The van der Waals surface area contributed by atoms with Crippen LogP contribution in [-0.2, 0) is 6.42 Å². The monoisotopic (exact) mass is 210 g/mol. The summed E-state index contributed by atoms with van der Waals surface area (Å²) in [6.07, 6.45) is 2.20. The van der Waals surface area contributed by atoms with Crippen molar-refractivity contribution in [2.45, 2.75) is 33.6 Å². The largest absolute Gasteiger partial charge is 0.497 e. The van der Waals surface area contributed by atoms with Crippen LogP contribution in [0, 0.1) is 0 Å². The normalized spacial score (nSPS) is 8.87. The van der Waals surface area contributed by atoms with E-state index in [4.69, 9.17) is 9.47 Å². The van der Waals surface area contributed by atoms with Crippen LogP contribution in [0.3, 0.4) is 0 Å². The van der Waals surface area contributed by atoms with E-state index in [0.29, 0.717) is 0 Å². The third kappa shape index (κ3) is 4.73. The van der Waals surface area contributed by atoms with Crippen LogP contribution in [0.15, 0.2) is 18.2 Å². The first kappa shape index (κ1) is 13.8. The Kier molecular flexibility index (Phi) is 7.51. The number of ether oxygens (including phenoxy) is 2. The van der Waals surface area contributed by atoms with E-state index in [1.54, 1.807) is 14.2 Å². The van der Waals surface area contributed by atoms with Gasteiger partial charge in [0.25, 0.3) is 0 Å². The number of aryl methyl sites for hydroxylation is 1. The van der Waals surface area contributed by atoms with Gasteiger partial charge in [0.1, 0.15) is 11.5 Å². The fraction of sp³-hybridized carbons (Fsp3) is 0.538. The van der Waals surface area contributed by atoms with Crippen molar-refractivity contribution in [1.29, 1.82) is 0 Å². The molecule has 15 heavy (non-hydrogen) atoms. The van der Waals surface area contributed by atoms with Crippen molar-refractivity contribution in [3.05, 3.63) is 23.8 Å². The molecular formula is C13H22O2. The van der Waals surface area contributed by atoms with Gasteiger partial charge in [-0.25, -0.2) is 0 Å². The summed E-state index contributed by atoms with van der Waals surface area (Å²) in [7, 11) is 3.34. The standard InChI is InChI=1S/C11H16O2.C2H6/c1-4-5-9-6-10(12-2)8-11(7-9)13-3;1-2/h6-8H,4-5H2,1-3H3;1-2H3. The Morgan fingerprint density at radius 3 is 1.73 bits per heavy atom. The first-order chi connectivity index (χ1) is 7.30. The molecule has 0 fully saturated rings. The zero-order chi connectivity index (χ0) is 11.7. The van der Waals surface area contributed by atoms with Gasteiger partial charge < -0.3 is 9.47 Å². The Morgan fingerprint density at radius 2 is 1.40 bits per heavy atom. The van der Waals surface area contributed by atoms with Crippen molar-refractivity contribution in [3.8, 4) is 11.5 Å². The zero-order valence-corrected chi connectivity index (χ0v) is 10.5. The lowest BCUT2D eigenvalue weighted by molar-refractivity contribution is 0.393. The molecule has 86 valence electrons. The van der Waals surface area contributed by atoms with E-state index < -0.39 is 0 Å². The molecular weight excluding hydrogens is 188 g/mol. The Balaban J connectivity index is 0.000000921. The fourth-order valence-electron chi connectivity index (χ4n) is 1.30. The summed E-state index contributed by atoms with van der Waals surface area (Å²) < 4.78 is 10.3. The van der Waals surface area contributed by atoms with Crippen molar-refractivity contribution in [1.82, 2.24) is 0 Å². The van der Waals surface area contributed by atoms with Gasteiger partial charge in [-0.2, -0.15) is 0 Å². The van der Waals surface area contributed by atoms with Crippen LogP contribution in [0.2, 0.25) is 0 Å². The summed E-state index contributed by atoms with van der Waals surface area (Å²) in [5.74, 6) is 1.73. The van der Waals surface area contributed by atoms with Crippen LogP contribution in [-0.4, -0.2) is 14.2 Å². The number of methoxy groups -OCH3 is 2. The minimum Gasteiger partial charge on any atom is -0.497 e. The highest BCUT2D eigenvalue weighted by molar-refractivity contribution is 5.38. The first-order valence-corrected chi connectivity index (χ1v) is 5.52. The SMILES string of the molecule is CC.CCCc1cc(OC)cc(OC)c1. The quantitative estimate of drug-likeness (QED) is 0.754. The smallest absolute Gasteiger partial charge is 0.122 e. The maximum atomic E-state index is 5.16. The van der Waals surface area contributed by atoms with Gasteiger partial charge in [-0.05, 0) is 24.1 Å². The van der Waals surface area contributed by atoms with E-state index in [1.165, 1.54) is 5.56 Å². The molecule has 0 saturated carbocycles. The van der Waals surface area contributed by atoms with E-state index in [0.717, 1.165) is 24.3 Å². The molecule has 0 aliphatic heterocycles. The summed E-state index contributed by atoms with van der Waals surface area (Å²) in [6.45, 7) is 6.16. The Labute approximate surface area is 93.2 Å². The molecule has 0 atom stereocenters. The van der Waals surface area contributed by atoms with Crippen LogP contribution in [0.4, 0.5) is 0 Å². The number of hydrogen-bond acceptors (Lipinski definition) is 2. The number of benzene rings is 1. The average Bonchev–Trinajstić information content (AvgIpc) is 2.31. The summed E-state index contributed by atoms with van der Waals surface area (Å²) in [5, 5.41) is 0. The van der Waals surface area contributed by atoms with Crippen molar-refractivity contribution >= 4 is 0 Å². The lowest BCUT2D eigenvalue weighted by atomic mass is 10.1. The third-order valence-corrected chi connectivity index (χ3v) is 1.95. The van der Waals surface area contributed by atoms with Gasteiger partial charge in [-0.1, -0.05) is 27.2 Å². The second-order valence-corrected chi connectivity index (χ2v) is 2.97. The van der Waals surface area contributed by atoms with Gasteiger partial charge in [-0.15, -0.1) is 0 Å². The molecule has 1 aromatic carbocycles. The molecule has 0 bridgehead atoms. The molecule has 0 spiro atoms. The molecule has 0 radical (unpaired) electrons. The predicted octanol–water partition coefficient (Wildman–Crippen LogP) is 3.68. The van der Waals surface area contributed by atoms with Crippen LogP contribution in [0.25, 0.3) is 0 Å². The topological polar surface area (TPSA) is 18.5 Å². The Morgan fingerprint density at radius 1 is 0.933 bits per heavy atom. The maximum absolute atomic E-state index is 5.16. The van der Waals surface area contributed by atoms with Crippen LogP contribution in [0.5, 0.6) is 11.5 Å². The van der Waals surface area contributed by atoms with Crippen molar-refractivity contribution in [2.75, 3.05) is 14.2 Å². The van der Waals surface area contributed by atoms with Gasteiger partial charge in [0.15, 0.2) is 0 Å². The molecule has 0 aliphatic rings. The summed E-state index contributed by atoms with van der Waals surface area (Å²) in [5.41, 5.74) is 1.26. The average molecular weight is 210 g/mol. The van der Waals surface area contributed by atoms with Crippen molar-refractivity contribution in [2.24, 2.45) is 0 Å². The van der Waals surface area contributed by atoms with Crippen LogP contribution >= 0.6 is 0 Å². The first-order valence-electron chi connectivity index (χ1n) is 5.52. The van der Waals surface area contributed by atoms with E-state index in [1.807, 2.05) is 32.0 Å². The minimum absolute atomic E-state index is 0.864. The van der Waals surface area contributed by atoms with Crippen LogP contribution in [0.1, 0.15) is 32.8 Å². The maximum Gasteiger partial charge on any atom is 0.122 e. The van der Waals surface area contributed by atoms with E-state index >= 15 is 0 Å². The lowest BCUT2D eigenvalue weighted by Crippen LogP contribution is -1.90. The summed E-state index contributed by atoms with van der Waals surface area (Å²) in [6, 6.07) is 5.98. The second kappa shape index (κ2) is 8.16. The predicted molar refractivity (Wildman–Crippen MR) is 64.9 cm³/mol. The minimum atomic E-state index is 0.864. The summed E-state index contributed by atoms with van der Waals surface area (Å²) >= 11 is 0. The lowest BCUT2D eigenvalue weighted by Gasteiger charge is -2.07.